The van der Waals surface area contributed by atoms with E-state index in [-0.39, 0.29) is 11.4 Å². The molecular weight excluding hydrogens is 179 g/mol. The maximum Gasteiger partial charge on any atom is 0.142 e. The number of hydrogen-bond acceptors (Lipinski definition) is 2. The van der Waals surface area contributed by atoms with Crippen molar-refractivity contribution in [2.75, 3.05) is 5.73 Å². The Morgan fingerprint density at radius 1 is 1.58 bits per heavy atom. The number of nitrogens with zero attached hydrogens (tertiary/aromatic N) is 1. The predicted molar refractivity (Wildman–Crippen MR) is 45.1 cm³/mol. The van der Waals surface area contributed by atoms with Gasteiger partial charge in [-0.2, -0.15) is 5.26 Å². The molecular formula is C8H6ClFN2. The first kappa shape index (κ1) is 8.82. The molecule has 1 aromatic carbocycles. The van der Waals surface area contributed by atoms with Crippen LogP contribution >= 0.6 is 11.6 Å². The van der Waals surface area contributed by atoms with Gasteiger partial charge in [0.15, 0.2) is 0 Å². The van der Waals surface area contributed by atoms with Gasteiger partial charge < -0.3 is 5.73 Å². The molecule has 2 nitrogen and oxygen atoms in total. The van der Waals surface area contributed by atoms with E-state index in [1.807, 2.05) is 6.07 Å². The summed E-state index contributed by atoms with van der Waals surface area (Å²) in [5.74, 6) is -0.545. The molecule has 4 heteroatoms. The Bertz CT molecular complexity index is 344. The van der Waals surface area contributed by atoms with Crippen molar-refractivity contribution in [3.63, 3.8) is 0 Å². The summed E-state index contributed by atoms with van der Waals surface area (Å²) in [5, 5.41) is 8.32. The third kappa shape index (κ3) is 1.66. The van der Waals surface area contributed by atoms with Gasteiger partial charge in [0, 0.05) is 5.69 Å². The molecule has 0 radical (unpaired) electrons. The maximum atomic E-state index is 12.8. The molecule has 2 N–H and O–H groups in total. The van der Waals surface area contributed by atoms with Gasteiger partial charge >= 0.3 is 0 Å². The van der Waals surface area contributed by atoms with Crippen LogP contribution in [0.3, 0.4) is 0 Å². The lowest BCUT2D eigenvalue weighted by Gasteiger charge is -2.02. The summed E-state index contributed by atoms with van der Waals surface area (Å²) < 4.78 is 12.8. The van der Waals surface area contributed by atoms with E-state index < -0.39 is 5.82 Å². The average molecular weight is 185 g/mol. The summed E-state index contributed by atoms with van der Waals surface area (Å²) in [6, 6.07) is 4.37. The van der Waals surface area contributed by atoms with E-state index in [0.717, 1.165) is 0 Å². The lowest BCUT2D eigenvalue weighted by molar-refractivity contribution is 0.627. The molecule has 0 unspecified atom stereocenters. The summed E-state index contributed by atoms with van der Waals surface area (Å²) >= 11 is 5.45. The van der Waals surface area contributed by atoms with Gasteiger partial charge in [-0.25, -0.2) is 4.39 Å². The Labute approximate surface area is 74.4 Å². The highest BCUT2D eigenvalue weighted by Gasteiger charge is 2.05. The second-order valence-electron chi connectivity index (χ2n) is 2.30. The fraction of sp³-hybridized carbons (Fsp3) is 0.125. The third-order valence-electron chi connectivity index (χ3n) is 1.45. The Morgan fingerprint density at radius 3 is 2.83 bits per heavy atom. The monoisotopic (exact) mass is 184 g/mol. The van der Waals surface area contributed by atoms with Crippen LogP contribution in [0.2, 0.25) is 5.02 Å². The van der Waals surface area contributed by atoms with Crippen LogP contribution in [0.1, 0.15) is 5.56 Å². The van der Waals surface area contributed by atoms with Gasteiger partial charge in [0.25, 0.3) is 0 Å². The van der Waals surface area contributed by atoms with Crippen molar-refractivity contribution in [3.05, 3.63) is 28.5 Å². The first-order valence-corrected chi connectivity index (χ1v) is 3.63. The number of halogens is 2. The maximum absolute atomic E-state index is 12.8. The van der Waals surface area contributed by atoms with E-state index in [1.54, 1.807) is 0 Å². The quantitative estimate of drug-likeness (QED) is 0.680. The molecule has 0 aliphatic carbocycles. The molecule has 0 saturated carbocycles. The highest BCUT2D eigenvalue weighted by atomic mass is 35.5. The molecule has 0 aliphatic heterocycles. The van der Waals surface area contributed by atoms with Gasteiger partial charge in [-0.15, -0.1) is 0 Å². The molecule has 0 spiro atoms. The summed E-state index contributed by atoms with van der Waals surface area (Å²) in [4.78, 5) is 0. The lowest BCUT2D eigenvalue weighted by atomic mass is 10.1. The molecule has 62 valence electrons. The minimum Gasteiger partial charge on any atom is -0.398 e. The highest BCUT2D eigenvalue weighted by Crippen LogP contribution is 2.22. The number of anilines is 1. The minimum absolute atomic E-state index is 0.0193. The van der Waals surface area contributed by atoms with E-state index in [2.05, 4.69) is 0 Å². The smallest absolute Gasteiger partial charge is 0.142 e. The molecule has 0 heterocycles. The number of hydrogen-bond donors (Lipinski definition) is 1. The van der Waals surface area contributed by atoms with Gasteiger partial charge in [-0.1, -0.05) is 11.6 Å². The molecule has 0 amide bonds. The zero-order valence-electron chi connectivity index (χ0n) is 6.14. The van der Waals surface area contributed by atoms with Gasteiger partial charge in [-0.05, 0) is 17.7 Å². The fourth-order valence-electron chi connectivity index (χ4n) is 0.842. The topological polar surface area (TPSA) is 49.8 Å². The zero-order valence-corrected chi connectivity index (χ0v) is 6.90. The third-order valence-corrected chi connectivity index (χ3v) is 1.74. The van der Waals surface area contributed by atoms with Crippen molar-refractivity contribution >= 4 is 17.3 Å². The van der Waals surface area contributed by atoms with Crippen molar-refractivity contribution in [3.8, 4) is 6.07 Å². The van der Waals surface area contributed by atoms with Crippen LogP contribution < -0.4 is 5.73 Å². The first-order chi connectivity index (χ1) is 5.65. The van der Waals surface area contributed by atoms with Gasteiger partial charge in [-0.3, -0.25) is 0 Å². The lowest BCUT2D eigenvalue weighted by Crippen LogP contribution is -1.94. The van der Waals surface area contributed by atoms with Crippen molar-refractivity contribution in [1.82, 2.24) is 0 Å². The van der Waals surface area contributed by atoms with Crippen LogP contribution in [0.5, 0.6) is 0 Å². The van der Waals surface area contributed by atoms with Crippen molar-refractivity contribution in [2.45, 2.75) is 6.42 Å². The van der Waals surface area contributed by atoms with E-state index in [1.165, 1.54) is 12.1 Å². The normalized spacial score (nSPS) is 9.42. The van der Waals surface area contributed by atoms with Crippen LogP contribution in [-0.2, 0) is 6.42 Å². The minimum atomic E-state index is -0.545. The summed E-state index contributed by atoms with van der Waals surface area (Å²) in [7, 11) is 0. The van der Waals surface area contributed by atoms with Crippen molar-refractivity contribution in [2.24, 2.45) is 0 Å². The summed E-state index contributed by atoms with van der Waals surface area (Å²) in [5.41, 5.74) is 6.30. The Hall–Kier alpha value is -1.27. The van der Waals surface area contributed by atoms with Crippen molar-refractivity contribution < 1.29 is 4.39 Å². The largest absolute Gasteiger partial charge is 0.398 e. The molecule has 12 heavy (non-hydrogen) atoms. The summed E-state index contributed by atoms with van der Waals surface area (Å²) in [6.45, 7) is 0. The van der Waals surface area contributed by atoms with Crippen LogP contribution in [0.4, 0.5) is 10.1 Å². The Kier molecular flexibility index (Phi) is 2.51. The molecule has 0 aliphatic rings. The number of nitrogen functional groups attached to an aromatic ring is 1. The standard InChI is InChI=1S/C8H6ClFN2/c9-6-4-8(12)5(1-2-11)3-7(6)10/h3-4H,1,12H2. The van der Waals surface area contributed by atoms with Crippen LogP contribution in [0.25, 0.3) is 0 Å². The van der Waals surface area contributed by atoms with E-state index in [9.17, 15) is 4.39 Å². The Balaban J connectivity index is 3.16. The molecule has 1 aromatic rings. The van der Waals surface area contributed by atoms with Crippen molar-refractivity contribution in [1.29, 1.82) is 5.26 Å². The first-order valence-electron chi connectivity index (χ1n) is 3.25. The van der Waals surface area contributed by atoms with Crippen LogP contribution in [0, 0.1) is 17.1 Å². The van der Waals surface area contributed by atoms with E-state index >= 15 is 0 Å². The number of nitrogens with two attached hydrogens (primary N) is 1. The molecule has 0 fully saturated rings. The van der Waals surface area contributed by atoms with Crippen LogP contribution in [-0.4, -0.2) is 0 Å². The molecule has 0 atom stereocenters. The number of nitriles is 1. The molecule has 0 aromatic heterocycles. The predicted octanol–water partition coefficient (Wildman–Crippen LogP) is 2.13. The van der Waals surface area contributed by atoms with E-state index in [0.29, 0.717) is 11.3 Å². The number of rotatable bonds is 1. The second kappa shape index (κ2) is 3.42. The van der Waals surface area contributed by atoms with Crippen LogP contribution in [0.15, 0.2) is 12.1 Å². The highest BCUT2D eigenvalue weighted by molar-refractivity contribution is 6.31. The average Bonchev–Trinajstić information content (AvgIpc) is 2.01. The molecule has 1 rings (SSSR count). The SMILES string of the molecule is N#CCc1cc(F)c(Cl)cc1N. The molecule has 0 saturated heterocycles. The zero-order chi connectivity index (χ0) is 9.14. The second-order valence-corrected chi connectivity index (χ2v) is 2.71. The van der Waals surface area contributed by atoms with E-state index in [4.69, 9.17) is 22.6 Å². The van der Waals surface area contributed by atoms with Gasteiger partial charge in [0.1, 0.15) is 5.82 Å². The number of benzene rings is 1. The molecule has 0 bridgehead atoms. The van der Waals surface area contributed by atoms with Gasteiger partial charge in [0.05, 0.1) is 17.5 Å². The Morgan fingerprint density at radius 2 is 2.25 bits per heavy atom. The van der Waals surface area contributed by atoms with Gasteiger partial charge in [0.2, 0.25) is 0 Å². The fourth-order valence-corrected chi connectivity index (χ4v) is 1.01. The summed E-state index contributed by atoms with van der Waals surface area (Å²) in [6.07, 6.45) is 0.0971.